The minimum absolute atomic E-state index is 0.0777. The maximum Gasteiger partial charge on any atom is 0.235 e. The molecule has 0 spiro atoms. The Morgan fingerprint density at radius 1 is 1.11 bits per heavy atom. The average molecular weight is 481 g/mol. The monoisotopic (exact) mass is 480 g/mol. The standard InChI is InChI=1S/C26H28N2O7/c1-2-12-7-14(11-28-5-3-4-6-28)21(30)19-16(12)9-13-8-15-10-17(29)20(25(27)34)24(33)26(15,35)23(32)18(13)22(19)31/h3-4,7,13,15,18,20,30,35H,2,5-6,8-11H2,1H3,(H2,27,34)/t13-,15+,18?,20?,26+/m1/s1. The number of nitrogens with zero attached hydrogens (tertiary/aromatic N) is 1. The number of aromatic hydroxyl groups is 1. The van der Waals surface area contributed by atoms with Crippen LogP contribution in [-0.2, 0) is 38.6 Å². The summed E-state index contributed by atoms with van der Waals surface area (Å²) in [5.41, 5.74) is 4.85. The molecular weight excluding hydrogens is 452 g/mol. The number of hydrogen-bond donors (Lipinski definition) is 3. The Morgan fingerprint density at radius 3 is 2.43 bits per heavy atom. The lowest BCUT2D eigenvalue weighted by atomic mass is 9.53. The summed E-state index contributed by atoms with van der Waals surface area (Å²) in [4.78, 5) is 66.7. The maximum absolute atomic E-state index is 13.8. The summed E-state index contributed by atoms with van der Waals surface area (Å²) in [6.45, 7) is 3.84. The molecule has 2 fully saturated rings. The molecule has 1 heterocycles. The normalized spacial score (nSPS) is 32.4. The van der Waals surface area contributed by atoms with E-state index in [2.05, 4.69) is 4.90 Å². The van der Waals surface area contributed by atoms with E-state index in [1.165, 1.54) is 0 Å². The van der Waals surface area contributed by atoms with Gasteiger partial charge in [0.05, 0.1) is 11.5 Å². The second kappa shape index (κ2) is 8.20. The minimum atomic E-state index is -2.62. The van der Waals surface area contributed by atoms with Gasteiger partial charge in [0.1, 0.15) is 5.75 Å². The highest BCUT2D eigenvalue weighted by atomic mass is 16.3. The van der Waals surface area contributed by atoms with Crippen molar-refractivity contribution in [2.45, 2.75) is 44.8 Å². The van der Waals surface area contributed by atoms with Crippen LogP contribution in [0.3, 0.4) is 0 Å². The van der Waals surface area contributed by atoms with Crippen molar-refractivity contribution in [1.82, 2.24) is 4.90 Å². The van der Waals surface area contributed by atoms with Crippen LogP contribution in [-0.4, -0.2) is 62.8 Å². The van der Waals surface area contributed by atoms with Crippen molar-refractivity contribution in [3.63, 3.8) is 0 Å². The van der Waals surface area contributed by atoms with Crippen LogP contribution >= 0.6 is 0 Å². The van der Waals surface area contributed by atoms with Crippen molar-refractivity contribution in [2.75, 3.05) is 13.1 Å². The van der Waals surface area contributed by atoms with Gasteiger partial charge in [-0.25, -0.2) is 0 Å². The first-order valence-electron chi connectivity index (χ1n) is 12.0. The van der Waals surface area contributed by atoms with E-state index in [-0.39, 0.29) is 24.2 Å². The van der Waals surface area contributed by atoms with Gasteiger partial charge < -0.3 is 15.9 Å². The van der Waals surface area contributed by atoms with Crippen LogP contribution in [0.25, 0.3) is 0 Å². The van der Waals surface area contributed by atoms with E-state index in [0.29, 0.717) is 30.5 Å². The number of hydrogen-bond acceptors (Lipinski definition) is 8. The molecule has 5 rings (SSSR count). The molecule has 9 heteroatoms. The third-order valence-corrected chi connectivity index (χ3v) is 8.24. The summed E-state index contributed by atoms with van der Waals surface area (Å²) < 4.78 is 0. The molecule has 3 aliphatic carbocycles. The zero-order valence-electron chi connectivity index (χ0n) is 19.5. The number of fused-ring (bicyclic) bond motifs is 3. The molecular formula is C26H28N2O7. The highest BCUT2D eigenvalue weighted by Gasteiger charge is 2.66. The van der Waals surface area contributed by atoms with Gasteiger partial charge in [-0.05, 0) is 36.3 Å². The molecule has 0 radical (unpaired) electrons. The summed E-state index contributed by atoms with van der Waals surface area (Å²) in [5.74, 6) is -9.72. The molecule has 5 atom stereocenters. The second-order valence-electron chi connectivity index (χ2n) is 10.2. The van der Waals surface area contributed by atoms with Gasteiger partial charge in [-0.3, -0.25) is 28.9 Å². The first-order chi connectivity index (χ1) is 16.6. The molecule has 1 aromatic carbocycles. The van der Waals surface area contributed by atoms with Crippen LogP contribution in [0.5, 0.6) is 5.75 Å². The van der Waals surface area contributed by atoms with Gasteiger partial charge in [0.15, 0.2) is 34.7 Å². The zero-order chi connectivity index (χ0) is 25.2. The lowest BCUT2D eigenvalue weighted by Crippen LogP contribution is -2.68. The summed E-state index contributed by atoms with van der Waals surface area (Å²) in [6.07, 6.45) is 4.75. The lowest BCUT2D eigenvalue weighted by molar-refractivity contribution is -0.175. The smallest absolute Gasteiger partial charge is 0.235 e. The molecule has 2 unspecified atom stereocenters. The predicted molar refractivity (Wildman–Crippen MR) is 122 cm³/mol. The fourth-order valence-electron chi connectivity index (χ4n) is 6.50. The van der Waals surface area contributed by atoms with Gasteiger partial charge in [0.25, 0.3) is 0 Å². The molecule has 1 amide bonds. The molecule has 0 bridgehead atoms. The quantitative estimate of drug-likeness (QED) is 0.409. The number of phenols is 1. The van der Waals surface area contributed by atoms with E-state index in [4.69, 9.17) is 5.73 Å². The van der Waals surface area contributed by atoms with E-state index in [0.717, 1.165) is 18.7 Å². The van der Waals surface area contributed by atoms with Crippen molar-refractivity contribution < 1.29 is 34.2 Å². The summed E-state index contributed by atoms with van der Waals surface area (Å²) >= 11 is 0. The Morgan fingerprint density at radius 2 is 1.80 bits per heavy atom. The van der Waals surface area contributed by atoms with E-state index in [1.807, 2.05) is 25.1 Å². The number of rotatable bonds is 4. The Hall–Kier alpha value is -3.17. The fourth-order valence-corrected chi connectivity index (χ4v) is 6.50. The lowest BCUT2D eigenvalue weighted by Gasteiger charge is -2.48. The molecule has 4 N–H and O–H groups in total. The van der Waals surface area contributed by atoms with E-state index in [1.54, 1.807) is 0 Å². The number of nitrogens with two attached hydrogens (primary N) is 1. The fraction of sp³-hybridized carbons (Fsp3) is 0.500. The zero-order valence-corrected chi connectivity index (χ0v) is 19.5. The molecule has 35 heavy (non-hydrogen) atoms. The number of benzene rings is 1. The van der Waals surface area contributed by atoms with Crippen LogP contribution in [0.4, 0.5) is 0 Å². The van der Waals surface area contributed by atoms with Crippen molar-refractivity contribution in [3.05, 3.63) is 40.5 Å². The molecule has 4 aliphatic rings. The summed E-state index contributed by atoms with van der Waals surface area (Å²) in [7, 11) is 0. The van der Waals surface area contributed by atoms with E-state index in [9.17, 15) is 34.2 Å². The highest BCUT2D eigenvalue weighted by Crippen LogP contribution is 2.50. The van der Waals surface area contributed by atoms with Crippen molar-refractivity contribution in [3.8, 4) is 5.75 Å². The third kappa shape index (κ3) is 3.32. The molecule has 184 valence electrons. The number of carbonyl (C=O) groups is 5. The van der Waals surface area contributed by atoms with E-state index < -0.39 is 58.3 Å². The average Bonchev–Trinajstić information content (AvgIpc) is 3.31. The topological polar surface area (TPSA) is 155 Å². The summed E-state index contributed by atoms with van der Waals surface area (Å²) in [5, 5.41) is 22.4. The number of primary amides is 1. The third-order valence-electron chi connectivity index (χ3n) is 8.24. The van der Waals surface area contributed by atoms with Crippen molar-refractivity contribution in [2.24, 2.45) is 29.4 Å². The largest absolute Gasteiger partial charge is 0.507 e. The first kappa shape index (κ1) is 23.6. The number of aliphatic hydroxyl groups is 1. The number of carbonyl (C=O) groups excluding carboxylic acids is 5. The van der Waals surface area contributed by atoms with Gasteiger partial charge >= 0.3 is 0 Å². The van der Waals surface area contributed by atoms with Crippen LogP contribution in [0.1, 0.15) is 46.8 Å². The second-order valence-corrected chi connectivity index (χ2v) is 10.2. The number of amides is 1. The Labute approximate surface area is 202 Å². The van der Waals surface area contributed by atoms with Gasteiger partial charge in [0.2, 0.25) is 5.91 Å². The number of ketones is 4. The molecule has 0 aromatic heterocycles. The molecule has 1 aliphatic heterocycles. The molecule has 1 aromatic rings. The van der Waals surface area contributed by atoms with Gasteiger partial charge in [0, 0.05) is 37.5 Å². The number of phenolic OH excluding ortho intramolecular Hbond substituents is 1. The molecule has 0 saturated heterocycles. The van der Waals surface area contributed by atoms with Crippen LogP contribution in [0.2, 0.25) is 0 Å². The van der Waals surface area contributed by atoms with E-state index >= 15 is 0 Å². The van der Waals surface area contributed by atoms with Crippen LogP contribution < -0.4 is 5.73 Å². The maximum atomic E-state index is 13.8. The molecule has 2 saturated carbocycles. The van der Waals surface area contributed by atoms with Crippen LogP contribution in [0, 0.1) is 23.7 Å². The van der Waals surface area contributed by atoms with Crippen molar-refractivity contribution in [1.29, 1.82) is 0 Å². The minimum Gasteiger partial charge on any atom is -0.507 e. The Kier molecular flexibility index (Phi) is 5.52. The van der Waals surface area contributed by atoms with Crippen LogP contribution in [0.15, 0.2) is 18.2 Å². The number of Topliss-reactive ketones (excluding diaryl/α,β-unsaturated/α-hetero) is 4. The number of aryl methyl sites for hydroxylation is 1. The Balaban J connectivity index is 1.57. The Bertz CT molecular complexity index is 1210. The summed E-state index contributed by atoms with van der Waals surface area (Å²) in [6, 6.07) is 1.91. The first-order valence-corrected chi connectivity index (χ1v) is 12.0. The highest BCUT2D eigenvalue weighted by molar-refractivity contribution is 6.31. The van der Waals surface area contributed by atoms with Crippen molar-refractivity contribution >= 4 is 29.0 Å². The van der Waals surface area contributed by atoms with Gasteiger partial charge in [-0.2, -0.15) is 0 Å². The van der Waals surface area contributed by atoms with Gasteiger partial charge in [-0.1, -0.05) is 25.1 Å². The predicted octanol–water partition coefficient (Wildman–Crippen LogP) is 0.261. The van der Waals surface area contributed by atoms with Gasteiger partial charge in [-0.15, -0.1) is 0 Å². The SMILES string of the molecule is CCc1cc(CN2CC=CC2)c(O)c2c1C[C@H]1C[C@H]3CC(=O)C(C(N)=O)C(=O)[C@@]3(O)C(=O)C1C2=O. The molecule has 9 nitrogen and oxygen atoms in total.